The predicted octanol–water partition coefficient (Wildman–Crippen LogP) is 4.91. The minimum absolute atomic E-state index is 0.292. The van der Waals surface area contributed by atoms with Gasteiger partial charge < -0.3 is 5.11 Å². The van der Waals surface area contributed by atoms with Crippen LogP contribution in [0.15, 0.2) is 54.6 Å². The Balaban J connectivity index is 2.39. The number of carbonyl (C=O) groups is 1. The summed E-state index contributed by atoms with van der Waals surface area (Å²) in [6.07, 6.45) is 0.634. The summed E-state index contributed by atoms with van der Waals surface area (Å²) in [6.45, 7) is 1.93. The van der Waals surface area contributed by atoms with Crippen molar-refractivity contribution < 1.29 is 14.3 Å². The third-order valence-electron chi connectivity index (χ3n) is 3.90. The van der Waals surface area contributed by atoms with E-state index < -0.39 is 11.8 Å². The van der Waals surface area contributed by atoms with E-state index in [1.54, 1.807) is 6.07 Å². The molecule has 0 unspecified atom stereocenters. The molecule has 0 heterocycles. The molecule has 0 aliphatic heterocycles. The zero-order chi connectivity index (χ0) is 15.7. The summed E-state index contributed by atoms with van der Waals surface area (Å²) in [5.74, 6) is -1.91. The minimum Gasteiger partial charge on any atom is -0.478 e. The number of hydrogen-bond acceptors (Lipinski definition) is 1. The van der Waals surface area contributed by atoms with Crippen molar-refractivity contribution in [2.75, 3.05) is 0 Å². The van der Waals surface area contributed by atoms with E-state index in [9.17, 15) is 14.3 Å². The first-order valence-corrected chi connectivity index (χ1v) is 7.16. The monoisotopic (exact) mass is 294 g/mol. The van der Waals surface area contributed by atoms with Crippen LogP contribution in [0.3, 0.4) is 0 Å². The Morgan fingerprint density at radius 2 is 1.77 bits per heavy atom. The number of aromatic carboxylic acids is 1. The number of aryl methyl sites for hydroxylation is 1. The topological polar surface area (TPSA) is 37.3 Å². The molecular formula is C19H15FO2. The standard InChI is InChI=1S/C19H15FO2/c1-2-12-10-11-16(19(21)22)18(20)17(12)15-9-5-7-13-6-3-4-8-14(13)15/h3-11H,2H2,1H3,(H,21,22). The van der Waals surface area contributed by atoms with Crippen LogP contribution < -0.4 is 0 Å². The van der Waals surface area contributed by atoms with Gasteiger partial charge in [-0.05, 0) is 34.4 Å². The van der Waals surface area contributed by atoms with Crippen molar-refractivity contribution in [1.29, 1.82) is 0 Å². The van der Waals surface area contributed by atoms with Gasteiger partial charge in [-0.2, -0.15) is 0 Å². The largest absolute Gasteiger partial charge is 0.478 e. The molecule has 3 aromatic carbocycles. The average molecular weight is 294 g/mol. The average Bonchev–Trinajstić information content (AvgIpc) is 2.53. The second-order valence-corrected chi connectivity index (χ2v) is 5.15. The Labute approximate surface area is 127 Å². The van der Waals surface area contributed by atoms with Crippen molar-refractivity contribution in [3.05, 3.63) is 71.5 Å². The fourth-order valence-corrected chi connectivity index (χ4v) is 2.81. The van der Waals surface area contributed by atoms with Gasteiger partial charge in [-0.3, -0.25) is 0 Å². The Kier molecular flexibility index (Phi) is 3.63. The van der Waals surface area contributed by atoms with Crippen molar-refractivity contribution in [1.82, 2.24) is 0 Å². The molecule has 0 aromatic heterocycles. The summed E-state index contributed by atoms with van der Waals surface area (Å²) in [6, 6.07) is 16.4. The molecule has 0 fully saturated rings. The molecule has 0 saturated carbocycles. The fraction of sp³-hybridized carbons (Fsp3) is 0.105. The van der Waals surface area contributed by atoms with Crippen LogP contribution in [-0.2, 0) is 6.42 Å². The molecule has 2 nitrogen and oxygen atoms in total. The Morgan fingerprint density at radius 3 is 2.50 bits per heavy atom. The van der Waals surface area contributed by atoms with E-state index in [-0.39, 0.29) is 5.56 Å². The van der Waals surface area contributed by atoms with Gasteiger partial charge in [-0.1, -0.05) is 55.5 Å². The molecule has 3 aromatic rings. The molecule has 0 saturated heterocycles. The molecule has 0 amide bonds. The maximum atomic E-state index is 14.8. The summed E-state index contributed by atoms with van der Waals surface area (Å²) >= 11 is 0. The zero-order valence-corrected chi connectivity index (χ0v) is 12.1. The van der Waals surface area contributed by atoms with Crippen LogP contribution in [-0.4, -0.2) is 11.1 Å². The first kappa shape index (κ1) is 14.3. The molecule has 110 valence electrons. The molecule has 22 heavy (non-hydrogen) atoms. The molecule has 0 spiro atoms. The number of benzene rings is 3. The van der Waals surface area contributed by atoms with Gasteiger partial charge in [-0.25, -0.2) is 9.18 Å². The number of carboxylic acids is 1. The van der Waals surface area contributed by atoms with Gasteiger partial charge in [0.2, 0.25) is 0 Å². The minimum atomic E-state index is -1.25. The highest BCUT2D eigenvalue weighted by molar-refractivity contribution is 5.99. The highest BCUT2D eigenvalue weighted by atomic mass is 19.1. The highest BCUT2D eigenvalue weighted by Crippen LogP contribution is 2.34. The second-order valence-electron chi connectivity index (χ2n) is 5.15. The van der Waals surface area contributed by atoms with Crippen LogP contribution in [0.2, 0.25) is 0 Å². The smallest absolute Gasteiger partial charge is 0.338 e. The second kappa shape index (κ2) is 5.60. The Morgan fingerprint density at radius 1 is 1.05 bits per heavy atom. The quantitative estimate of drug-likeness (QED) is 0.745. The molecule has 1 N–H and O–H groups in total. The third kappa shape index (κ3) is 2.25. The van der Waals surface area contributed by atoms with E-state index in [1.165, 1.54) is 6.07 Å². The van der Waals surface area contributed by atoms with Gasteiger partial charge in [0.15, 0.2) is 0 Å². The molecule has 0 atom stereocenters. The van der Waals surface area contributed by atoms with Crippen LogP contribution in [0, 0.1) is 5.82 Å². The lowest BCUT2D eigenvalue weighted by atomic mass is 9.91. The van der Waals surface area contributed by atoms with Crippen molar-refractivity contribution in [3.8, 4) is 11.1 Å². The number of halogens is 1. The maximum Gasteiger partial charge on any atom is 0.338 e. The van der Waals surface area contributed by atoms with E-state index in [0.29, 0.717) is 12.0 Å². The van der Waals surface area contributed by atoms with Crippen LogP contribution in [0.5, 0.6) is 0 Å². The highest BCUT2D eigenvalue weighted by Gasteiger charge is 2.19. The number of rotatable bonds is 3. The number of carboxylic acid groups (broad SMARTS) is 1. The molecule has 3 rings (SSSR count). The van der Waals surface area contributed by atoms with E-state index in [1.807, 2.05) is 49.4 Å². The summed E-state index contributed by atoms with van der Waals surface area (Å²) in [4.78, 5) is 11.2. The summed E-state index contributed by atoms with van der Waals surface area (Å²) in [5, 5.41) is 11.1. The summed E-state index contributed by atoms with van der Waals surface area (Å²) in [7, 11) is 0. The van der Waals surface area contributed by atoms with E-state index in [4.69, 9.17) is 0 Å². The van der Waals surface area contributed by atoms with Crippen LogP contribution in [0.4, 0.5) is 4.39 Å². The lowest BCUT2D eigenvalue weighted by Gasteiger charge is -2.14. The number of fused-ring (bicyclic) bond motifs is 1. The van der Waals surface area contributed by atoms with Gasteiger partial charge >= 0.3 is 5.97 Å². The molecule has 0 bridgehead atoms. The lowest BCUT2D eigenvalue weighted by molar-refractivity contribution is 0.0692. The van der Waals surface area contributed by atoms with Crippen LogP contribution in [0.25, 0.3) is 21.9 Å². The molecule has 0 aliphatic carbocycles. The summed E-state index contributed by atoms with van der Waals surface area (Å²) in [5.41, 5.74) is 1.63. The maximum absolute atomic E-state index is 14.8. The number of hydrogen-bond donors (Lipinski definition) is 1. The molecule has 3 heteroatoms. The van der Waals surface area contributed by atoms with Gasteiger partial charge in [0.25, 0.3) is 0 Å². The molecule has 0 radical (unpaired) electrons. The van der Waals surface area contributed by atoms with E-state index in [0.717, 1.165) is 21.9 Å². The van der Waals surface area contributed by atoms with Gasteiger partial charge in [0.1, 0.15) is 5.82 Å². The first-order valence-electron chi connectivity index (χ1n) is 7.16. The Hall–Kier alpha value is -2.68. The molecule has 0 aliphatic rings. The lowest BCUT2D eigenvalue weighted by Crippen LogP contribution is -2.04. The fourth-order valence-electron chi connectivity index (χ4n) is 2.81. The normalized spacial score (nSPS) is 10.8. The van der Waals surface area contributed by atoms with Crippen molar-refractivity contribution >= 4 is 16.7 Å². The van der Waals surface area contributed by atoms with Gasteiger partial charge in [0.05, 0.1) is 5.56 Å². The van der Waals surface area contributed by atoms with Crippen LogP contribution in [0.1, 0.15) is 22.8 Å². The molecular weight excluding hydrogens is 279 g/mol. The van der Waals surface area contributed by atoms with Gasteiger partial charge in [-0.15, -0.1) is 0 Å². The van der Waals surface area contributed by atoms with Crippen molar-refractivity contribution in [2.45, 2.75) is 13.3 Å². The summed E-state index contributed by atoms with van der Waals surface area (Å²) < 4.78 is 14.8. The SMILES string of the molecule is CCc1ccc(C(=O)O)c(F)c1-c1cccc2ccccc12. The first-order chi connectivity index (χ1) is 10.6. The van der Waals surface area contributed by atoms with E-state index >= 15 is 0 Å². The van der Waals surface area contributed by atoms with Crippen molar-refractivity contribution in [3.63, 3.8) is 0 Å². The Bertz CT molecular complexity index is 863. The van der Waals surface area contributed by atoms with Crippen molar-refractivity contribution in [2.24, 2.45) is 0 Å². The third-order valence-corrected chi connectivity index (χ3v) is 3.90. The van der Waals surface area contributed by atoms with E-state index in [2.05, 4.69) is 0 Å². The van der Waals surface area contributed by atoms with Gasteiger partial charge in [0, 0.05) is 5.56 Å². The zero-order valence-electron chi connectivity index (χ0n) is 12.1. The van der Waals surface area contributed by atoms with Crippen LogP contribution >= 0.6 is 0 Å². The predicted molar refractivity (Wildman–Crippen MR) is 85.7 cm³/mol.